The normalized spacial score (nSPS) is 12.8. The van der Waals surface area contributed by atoms with E-state index in [1.54, 1.807) is 13.0 Å². The second-order valence-corrected chi connectivity index (χ2v) is 8.60. The number of para-hydroxylation sites is 1. The average molecular weight is 395 g/mol. The summed E-state index contributed by atoms with van der Waals surface area (Å²) < 4.78 is 32.6. The minimum absolute atomic E-state index is 0.248. The third-order valence-corrected chi connectivity index (χ3v) is 6.35. The lowest BCUT2D eigenvalue weighted by Gasteiger charge is -2.11. The first-order chi connectivity index (χ1) is 13.5. The fraction of sp³-hybridized carbons (Fsp3) is 0.158. The molecule has 0 amide bonds. The van der Waals surface area contributed by atoms with Crippen LogP contribution >= 0.6 is 0 Å². The van der Waals surface area contributed by atoms with Crippen LogP contribution in [-0.2, 0) is 15.6 Å². The van der Waals surface area contributed by atoms with Crippen LogP contribution in [0.1, 0.15) is 23.7 Å². The van der Waals surface area contributed by atoms with E-state index in [-0.39, 0.29) is 11.6 Å². The number of benzene rings is 2. The largest absolute Gasteiger partial charge is 0.356 e. The van der Waals surface area contributed by atoms with Gasteiger partial charge in [0.15, 0.2) is 21.4 Å². The van der Waals surface area contributed by atoms with Crippen LogP contribution in [0.15, 0.2) is 71.3 Å². The standard InChI is InChI=1S/C19H17N5O3S/c1-14(19-20-22-23-24(19)17-10-6-3-7-11-17)28(25,26)13-16-12-18(27-21-16)15-8-4-2-5-9-15/h2-12,14H,13H2,1H3/t14-/m0/s1. The molecule has 1 atom stereocenters. The van der Waals surface area contributed by atoms with Crippen LogP contribution in [0.5, 0.6) is 0 Å². The highest BCUT2D eigenvalue weighted by atomic mass is 32.2. The smallest absolute Gasteiger partial charge is 0.174 e. The van der Waals surface area contributed by atoms with Gasteiger partial charge in [0, 0.05) is 11.6 Å². The summed E-state index contributed by atoms with van der Waals surface area (Å²) in [5, 5.41) is 14.5. The molecule has 0 saturated heterocycles. The van der Waals surface area contributed by atoms with E-state index in [1.807, 2.05) is 60.7 Å². The first-order valence-corrected chi connectivity index (χ1v) is 10.3. The van der Waals surface area contributed by atoms with Gasteiger partial charge in [0.25, 0.3) is 0 Å². The fourth-order valence-corrected chi connectivity index (χ4v) is 4.08. The van der Waals surface area contributed by atoms with Crippen molar-refractivity contribution in [2.75, 3.05) is 0 Å². The van der Waals surface area contributed by atoms with E-state index in [1.165, 1.54) is 4.68 Å². The monoisotopic (exact) mass is 395 g/mol. The topological polar surface area (TPSA) is 104 Å². The maximum atomic E-state index is 12.9. The van der Waals surface area contributed by atoms with E-state index in [4.69, 9.17) is 4.52 Å². The predicted octanol–water partition coefficient (Wildman–Crippen LogP) is 2.99. The van der Waals surface area contributed by atoms with Crippen LogP contribution < -0.4 is 0 Å². The Kier molecular flexibility index (Phi) is 4.74. The third kappa shape index (κ3) is 3.56. The van der Waals surface area contributed by atoms with Crippen molar-refractivity contribution in [3.63, 3.8) is 0 Å². The van der Waals surface area contributed by atoms with Crippen molar-refractivity contribution in [2.45, 2.75) is 17.9 Å². The summed E-state index contributed by atoms with van der Waals surface area (Å²) in [7, 11) is -3.62. The summed E-state index contributed by atoms with van der Waals surface area (Å²) in [6.45, 7) is 1.57. The van der Waals surface area contributed by atoms with Gasteiger partial charge in [0.05, 0.1) is 17.1 Å². The molecule has 0 fully saturated rings. The van der Waals surface area contributed by atoms with Crippen LogP contribution in [0.2, 0.25) is 0 Å². The van der Waals surface area contributed by atoms with Gasteiger partial charge in [-0.05, 0) is 29.5 Å². The highest BCUT2D eigenvalue weighted by Gasteiger charge is 2.30. The molecular formula is C19H17N5O3S. The molecule has 0 unspecified atom stereocenters. The second kappa shape index (κ2) is 7.35. The van der Waals surface area contributed by atoms with E-state index >= 15 is 0 Å². The average Bonchev–Trinajstić information content (AvgIpc) is 3.38. The van der Waals surface area contributed by atoms with E-state index < -0.39 is 15.1 Å². The maximum absolute atomic E-state index is 12.9. The number of hydrogen-bond acceptors (Lipinski definition) is 7. The van der Waals surface area contributed by atoms with Gasteiger partial charge >= 0.3 is 0 Å². The number of aromatic nitrogens is 5. The molecule has 0 saturated carbocycles. The van der Waals surface area contributed by atoms with Gasteiger partial charge in [-0.2, -0.15) is 4.68 Å². The minimum Gasteiger partial charge on any atom is -0.356 e. The first kappa shape index (κ1) is 18.1. The lowest BCUT2D eigenvalue weighted by atomic mass is 10.2. The quantitative estimate of drug-likeness (QED) is 0.494. The van der Waals surface area contributed by atoms with Crippen molar-refractivity contribution in [3.8, 4) is 17.0 Å². The molecule has 0 aliphatic carbocycles. The molecule has 8 nitrogen and oxygen atoms in total. The van der Waals surface area contributed by atoms with Crippen molar-refractivity contribution in [1.29, 1.82) is 0 Å². The summed E-state index contributed by atoms with van der Waals surface area (Å²) in [4.78, 5) is 0. The summed E-state index contributed by atoms with van der Waals surface area (Å²) in [6, 6.07) is 20.2. The Morgan fingerprint density at radius 3 is 2.43 bits per heavy atom. The molecule has 0 aliphatic heterocycles. The fourth-order valence-electron chi connectivity index (χ4n) is 2.81. The Morgan fingerprint density at radius 2 is 1.71 bits per heavy atom. The minimum atomic E-state index is -3.62. The zero-order valence-corrected chi connectivity index (χ0v) is 15.8. The Labute approximate surface area is 161 Å². The number of hydrogen-bond donors (Lipinski definition) is 0. The van der Waals surface area contributed by atoms with Crippen LogP contribution in [0.4, 0.5) is 0 Å². The Bertz CT molecular complexity index is 1170. The summed E-state index contributed by atoms with van der Waals surface area (Å²) in [5.74, 6) is 0.497. The summed E-state index contributed by atoms with van der Waals surface area (Å²) >= 11 is 0. The van der Waals surface area contributed by atoms with E-state index in [0.29, 0.717) is 17.1 Å². The van der Waals surface area contributed by atoms with E-state index in [9.17, 15) is 8.42 Å². The zero-order chi connectivity index (χ0) is 19.6. The molecule has 2 aromatic carbocycles. The number of tetrazole rings is 1. The molecular weight excluding hydrogens is 378 g/mol. The number of rotatable bonds is 6. The SMILES string of the molecule is C[C@@H](c1nnnn1-c1ccccc1)S(=O)(=O)Cc1cc(-c2ccccc2)on1. The molecule has 2 aromatic heterocycles. The van der Waals surface area contributed by atoms with E-state index in [2.05, 4.69) is 20.7 Å². The molecule has 4 aromatic rings. The van der Waals surface area contributed by atoms with Crippen LogP contribution in [0.3, 0.4) is 0 Å². The predicted molar refractivity (Wildman–Crippen MR) is 102 cm³/mol. The highest BCUT2D eigenvalue weighted by molar-refractivity contribution is 7.90. The Balaban J connectivity index is 1.58. The Morgan fingerprint density at radius 1 is 1.04 bits per heavy atom. The van der Waals surface area contributed by atoms with Crippen molar-refractivity contribution >= 4 is 9.84 Å². The molecule has 4 rings (SSSR count). The molecule has 142 valence electrons. The lowest BCUT2D eigenvalue weighted by Crippen LogP contribution is -2.17. The third-order valence-electron chi connectivity index (χ3n) is 4.36. The summed E-state index contributed by atoms with van der Waals surface area (Å²) in [5.41, 5.74) is 1.86. The molecule has 28 heavy (non-hydrogen) atoms. The highest BCUT2D eigenvalue weighted by Crippen LogP contribution is 2.26. The zero-order valence-electron chi connectivity index (χ0n) is 15.0. The van der Waals surface area contributed by atoms with Gasteiger partial charge in [-0.3, -0.25) is 0 Å². The lowest BCUT2D eigenvalue weighted by molar-refractivity contribution is 0.425. The van der Waals surface area contributed by atoms with Gasteiger partial charge in [-0.1, -0.05) is 53.7 Å². The molecule has 9 heteroatoms. The van der Waals surface area contributed by atoms with Crippen LogP contribution in [0.25, 0.3) is 17.0 Å². The van der Waals surface area contributed by atoms with Gasteiger partial charge < -0.3 is 4.52 Å². The van der Waals surface area contributed by atoms with Gasteiger partial charge in [-0.25, -0.2) is 8.42 Å². The van der Waals surface area contributed by atoms with Gasteiger partial charge in [0.1, 0.15) is 5.25 Å². The van der Waals surface area contributed by atoms with Gasteiger partial charge in [-0.15, -0.1) is 5.10 Å². The molecule has 0 radical (unpaired) electrons. The van der Waals surface area contributed by atoms with Crippen LogP contribution in [-0.4, -0.2) is 33.8 Å². The molecule has 0 spiro atoms. The number of sulfone groups is 1. The molecule has 0 N–H and O–H groups in total. The van der Waals surface area contributed by atoms with E-state index in [0.717, 1.165) is 5.56 Å². The van der Waals surface area contributed by atoms with Crippen molar-refractivity contribution in [2.24, 2.45) is 0 Å². The van der Waals surface area contributed by atoms with Crippen LogP contribution in [0, 0.1) is 0 Å². The first-order valence-electron chi connectivity index (χ1n) is 8.61. The molecule has 2 heterocycles. The summed E-state index contributed by atoms with van der Waals surface area (Å²) in [6.07, 6.45) is 0. The van der Waals surface area contributed by atoms with Crippen molar-refractivity contribution < 1.29 is 12.9 Å². The molecule has 0 bridgehead atoms. The van der Waals surface area contributed by atoms with Crippen molar-refractivity contribution in [3.05, 3.63) is 78.2 Å². The molecule has 0 aliphatic rings. The second-order valence-electron chi connectivity index (χ2n) is 6.28. The maximum Gasteiger partial charge on any atom is 0.174 e. The Hall–Kier alpha value is -3.33. The van der Waals surface area contributed by atoms with Crippen molar-refractivity contribution in [1.82, 2.24) is 25.4 Å². The van der Waals surface area contributed by atoms with Gasteiger partial charge in [0.2, 0.25) is 0 Å². The number of nitrogens with zero attached hydrogens (tertiary/aromatic N) is 5.